The molecule has 2 aromatic rings. The van der Waals surface area contributed by atoms with Crippen molar-refractivity contribution >= 4 is 0 Å². The third-order valence-corrected chi connectivity index (χ3v) is 3.37. The van der Waals surface area contributed by atoms with Crippen molar-refractivity contribution < 1.29 is 4.39 Å². The molecule has 0 radical (unpaired) electrons. The molecule has 0 aliphatic carbocycles. The standard InChI is InChI=1S/C17H21FN2/c1-3-10-19-16(17-13(2)5-4-11-20-17)12-14-6-8-15(18)9-7-14/h4-9,11,16,19H,3,10,12H2,1-2H3. The maximum absolute atomic E-state index is 13.0. The first-order valence-electron chi connectivity index (χ1n) is 7.10. The predicted octanol–water partition coefficient (Wildman–Crippen LogP) is 3.81. The number of hydrogen-bond acceptors (Lipinski definition) is 2. The summed E-state index contributed by atoms with van der Waals surface area (Å²) >= 11 is 0. The zero-order valence-electron chi connectivity index (χ0n) is 12.1. The Morgan fingerprint density at radius 1 is 1.20 bits per heavy atom. The lowest BCUT2D eigenvalue weighted by Crippen LogP contribution is -2.25. The van der Waals surface area contributed by atoms with E-state index in [1.807, 2.05) is 24.4 Å². The quantitative estimate of drug-likeness (QED) is 0.865. The Morgan fingerprint density at radius 3 is 2.60 bits per heavy atom. The lowest BCUT2D eigenvalue weighted by Gasteiger charge is -2.20. The van der Waals surface area contributed by atoms with Gasteiger partial charge in [-0.25, -0.2) is 4.39 Å². The number of nitrogens with zero attached hydrogens (tertiary/aromatic N) is 1. The van der Waals surface area contributed by atoms with Crippen LogP contribution in [0, 0.1) is 12.7 Å². The second kappa shape index (κ2) is 7.15. The zero-order chi connectivity index (χ0) is 14.4. The second-order valence-electron chi connectivity index (χ2n) is 5.04. The Bertz CT molecular complexity index is 537. The van der Waals surface area contributed by atoms with Gasteiger partial charge >= 0.3 is 0 Å². The van der Waals surface area contributed by atoms with Crippen molar-refractivity contribution in [2.45, 2.75) is 32.7 Å². The molecule has 1 aromatic carbocycles. The van der Waals surface area contributed by atoms with Gasteiger partial charge in [0.1, 0.15) is 5.82 Å². The maximum Gasteiger partial charge on any atom is 0.123 e. The van der Waals surface area contributed by atoms with Crippen molar-refractivity contribution in [3.63, 3.8) is 0 Å². The molecule has 106 valence electrons. The molecule has 0 saturated heterocycles. The summed E-state index contributed by atoms with van der Waals surface area (Å²) in [7, 11) is 0. The number of rotatable bonds is 6. The molecule has 20 heavy (non-hydrogen) atoms. The van der Waals surface area contributed by atoms with Gasteiger partial charge in [-0.05, 0) is 55.6 Å². The fourth-order valence-corrected chi connectivity index (χ4v) is 2.30. The molecule has 0 aliphatic rings. The molecule has 1 atom stereocenters. The van der Waals surface area contributed by atoms with Crippen molar-refractivity contribution in [1.82, 2.24) is 10.3 Å². The average Bonchev–Trinajstić information content (AvgIpc) is 2.46. The van der Waals surface area contributed by atoms with Crippen molar-refractivity contribution in [3.05, 3.63) is 65.2 Å². The molecular weight excluding hydrogens is 251 g/mol. The van der Waals surface area contributed by atoms with E-state index < -0.39 is 0 Å². The topological polar surface area (TPSA) is 24.9 Å². The van der Waals surface area contributed by atoms with Crippen LogP contribution in [0.1, 0.15) is 36.2 Å². The Hall–Kier alpha value is -1.74. The van der Waals surface area contributed by atoms with Gasteiger partial charge in [0.2, 0.25) is 0 Å². The molecule has 0 fully saturated rings. The van der Waals surface area contributed by atoms with Gasteiger partial charge in [0.05, 0.1) is 11.7 Å². The SMILES string of the molecule is CCCNC(Cc1ccc(F)cc1)c1ncccc1C. The van der Waals surface area contributed by atoms with Crippen LogP contribution in [0.3, 0.4) is 0 Å². The van der Waals surface area contributed by atoms with Gasteiger partial charge in [-0.3, -0.25) is 4.98 Å². The van der Waals surface area contributed by atoms with Crippen LogP contribution in [0.25, 0.3) is 0 Å². The van der Waals surface area contributed by atoms with Gasteiger partial charge in [-0.1, -0.05) is 25.1 Å². The van der Waals surface area contributed by atoms with Crippen LogP contribution in [-0.2, 0) is 6.42 Å². The highest BCUT2D eigenvalue weighted by atomic mass is 19.1. The molecule has 0 spiro atoms. The molecule has 1 heterocycles. The van der Waals surface area contributed by atoms with Crippen molar-refractivity contribution in [2.24, 2.45) is 0 Å². The highest BCUT2D eigenvalue weighted by molar-refractivity contribution is 5.25. The fourth-order valence-electron chi connectivity index (χ4n) is 2.30. The Balaban J connectivity index is 2.19. The van der Waals surface area contributed by atoms with Gasteiger partial charge in [0.25, 0.3) is 0 Å². The van der Waals surface area contributed by atoms with Crippen LogP contribution in [0.4, 0.5) is 4.39 Å². The van der Waals surface area contributed by atoms with E-state index in [2.05, 4.69) is 30.2 Å². The molecule has 2 rings (SSSR count). The molecule has 0 bridgehead atoms. The van der Waals surface area contributed by atoms with E-state index >= 15 is 0 Å². The van der Waals surface area contributed by atoms with Crippen LogP contribution < -0.4 is 5.32 Å². The first-order chi connectivity index (χ1) is 9.70. The summed E-state index contributed by atoms with van der Waals surface area (Å²) in [5, 5.41) is 3.53. The minimum atomic E-state index is -0.194. The third-order valence-electron chi connectivity index (χ3n) is 3.37. The Labute approximate surface area is 120 Å². The summed E-state index contributed by atoms with van der Waals surface area (Å²) in [5.74, 6) is -0.194. The summed E-state index contributed by atoms with van der Waals surface area (Å²) in [5.41, 5.74) is 3.37. The first-order valence-corrected chi connectivity index (χ1v) is 7.10. The second-order valence-corrected chi connectivity index (χ2v) is 5.04. The van der Waals surface area contributed by atoms with Gasteiger partial charge in [-0.2, -0.15) is 0 Å². The van der Waals surface area contributed by atoms with E-state index in [0.29, 0.717) is 0 Å². The highest BCUT2D eigenvalue weighted by Crippen LogP contribution is 2.20. The molecule has 0 saturated carbocycles. The minimum absolute atomic E-state index is 0.168. The summed E-state index contributed by atoms with van der Waals surface area (Å²) in [4.78, 5) is 4.51. The third kappa shape index (κ3) is 3.87. The molecule has 1 unspecified atom stereocenters. The molecular formula is C17H21FN2. The number of aryl methyl sites for hydroxylation is 1. The van der Waals surface area contributed by atoms with Crippen LogP contribution in [0.5, 0.6) is 0 Å². The van der Waals surface area contributed by atoms with E-state index in [4.69, 9.17) is 0 Å². The normalized spacial score (nSPS) is 12.3. The number of benzene rings is 1. The lowest BCUT2D eigenvalue weighted by molar-refractivity contribution is 0.515. The van der Waals surface area contributed by atoms with Crippen LogP contribution >= 0.6 is 0 Å². The Kier molecular flexibility index (Phi) is 5.24. The number of nitrogens with one attached hydrogen (secondary N) is 1. The molecule has 3 heteroatoms. The predicted molar refractivity (Wildman–Crippen MR) is 80.1 cm³/mol. The summed E-state index contributed by atoms with van der Waals surface area (Å²) in [6, 6.07) is 10.9. The van der Waals surface area contributed by atoms with E-state index in [-0.39, 0.29) is 11.9 Å². The smallest absolute Gasteiger partial charge is 0.123 e. The van der Waals surface area contributed by atoms with E-state index in [9.17, 15) is 4.39 Å². The average molecular weight is 272 g/mol. The van der Waals surface area contributed by atoms with Crippen molar-refractivity contribution in [3.8, 4) is 0 Å². The fraction of sp³-hybridized carbons (Fsp3) is 0.353. The summed E-state index contributed by atoms with van der Waals surface area (Å²) < 4.78 is 13.0. The Morgan fingerprint density at radius 2 is 1.95 bits per heavy atom. The van der Waals surface area contributed by atoms with Gasteiger partial charge in [0, 0.05) is 6.20 Å². The number of halogens is 1. The van der Waals surface area contributed by atoms with Gasteiger partial charge in [-0.15, -0.1) is 0 Å². The number of pyridine rings is 1. The van der Waals surface area contributed by atoms with Crippen molar-refractivity contribution in [2.75, 3.05) is 6.54 Å². The number of hydrogen-bond donors (Lipinski definition) is 1. The number of aromatic nitrogens is 1. The van der Waals surface area contributed by atoms with Crippen LogP contribution in [0.2, 0.25) is 0 Å². The maximum atomic E-state index is 13.0. The minimum Gasteiger partial charge on any atom is -0.308 e. The summed E-state index contributed by atoms with van der Waals surface area (Å²) in [6.45, 7) is 5.17. The van der Waals surface area contributed by atoms with Crippen LogP contribution in [0.15, 0.2) is 42.6 Å². The molecule has 0 aliphatic heterocycles. The largest absolute Gasteiger partial charge is 0.308 e. The molecule has 1 aromatic heterocycles. The van der Waals surface area contributed by atoms with E-state index in [0.717, 1.165) is 30.6 Å². The molecule has 1 N–H and O–H groups in total. The van der Waals surface area contributed by atoms with Crippen LogP contribution in [-0.4, -0.2) is 11.5 Å². The van der Waals surface area contributed by atoms with Gasteiger partial charge in [0.15, 0.2) is 0 Å². The summed E-state index contributed by atoms with van der Waals surface area (Å²) in [6.07, 6.45) is 3.72. The van der Waals surface area contributed by atoms with E-state index in [1.165, 1.54) is 17.7 Å². The molecule has 0 amide bonds. The molecule has 2 nitrogen and oxygen atoms in total. The first kappa shape index (κ1) is 14.7. The van der Waals surface area contributed by atoms with Gasteiger partial charge < -0.3 is 5.32 Å². The zero-order valence-corrected chi connectivity index (χ0v) is 12.1. The highest BCUT2D eigenvalue weighted by Gasteiger charge is 2.15. The lowest BCUT2D eigenvalue weighted by atomic mass is 10.00. The van der Waals surface area contributed by atoms with E-state index in [1.54, 1.807) is 0 Å². The van der Waals surface area contributed by atoms with Crippen molar-refractivity contribution in [1.29, 1.82) is 0 Å². The monoisotopic (exact) mass is 272 g/mol.